The SMILES string of the molecule is C[B]C1=CC2c3ccccc3NC2C=C1. The average Bonchev–Trinajstić information content (AvgIpc) is 2.66. The van der Waals surface area contributed by atoms with Crippen molar-refractivity contribution in [3.63, 3.8) is 0 Å². The van der Waals surface area contributed by atoms with Gasteiger partial charge in [-0.05, 0) is 11.6 Å². The molecular weight excluding hydrogens is 181 g/mol. The number of hydrogen-bond donors (Lipinski definition) is 1. The highest BCUT2D eigenvalue weighted by Crippen LogP contribution is 2.39. The van der Waals surface area contributed by atoms with E-state index < -0.39 is 0 Å². The predicted molar refractivity (Wildman–Crippen MR) is 65.4 cm³/mol. The second-order valence-electron chi connectivity index (χ2n) is 4.10. The molecule has 1 heterocycles. The fraction of sp³-hybridized carbons (Fsp3) is 0.231. The molecule has 0 aromatic heterocycles. The number of hydrogen-bond acceptors (Lipinski definition) is 1. The summed E-state index contributed by atoms with van der Waals surface area (Å²) in [6, 6.07) is 9.03. The van der Waals surface area contributed by atoms with Gasteiger partial charge in [0.2, 0.25) is 0 Å². The Balaban J connectivity index is 2.04. The van der Waals surface area contributed by atoms with E-state index in [0.717, 1.165) is 0 Å². The second-order valence-corrected chi connectivity index (χ2v) is 4.10. The van der Waals surface area contributed by atoms with Crippen molar-refractivity contribution in [3.05, 3.63) is 53.5 Å². The molecule has 0 spiro atoms. The highest BCUT2D eigenvalue weighted by Gasteiger charge is 2.29. The van der Waals surface area contributed by atoms with E-state index in [0.29, 0.717) is 12.0 Å². The number of fused-ring (bicyclic) bond motifs is 3. The zero-order valence-electron chi connectivity index (χ0n) is 8.77. The predicted octanol–water partition coefficient (Wildman–Crippen LogP) is 2.77. The van der Waals surface area contributed by atoms with Crippen LogP contribution in [0.2, 0.25) is 6.82 Å². The van der Waals surface area contributed by atoms with Crippen molar-refractivity contribution in [1.82, 2.24) is 0 Å². The van der Waals surface area contributed by atoms with Gasteiger partial charge in [0.1, 0.15) is 7.28 Å². The Labute approximate surface area is 91.1 Å². The van der Waals surface area contributed by atoms with Crippen molar-refractivity contribution in [2.75, 3.05) is 5.32 Å². The normalized spacial score (nSPS) is 26.3. The first-order chi connectivity index (χ1) is 7.38. The number of anilines is 1. The Kier molecular flexibility index (Phi) is 1.95. The molecule has 73 valence electrons. The van der Waals surface area contributed by atoms with Gasteiger partial charge in [0.05, 0.1) is 6.04 Å². The van der Waals surface area contributed by atoms with Crippen LogP contribution in [-0.4, -0.2) is 13.3 Å². The van der Waals surface area contributed by atoms with Gasteiger partial charge in [-0.2, -0.15) is 0 Å². The van der Waals surface area contributed by atoms with Gasteiger partial charge in [-0.1, -0.05) is 48.7 Å². The molecule has 1 radical (unpaired) electrons. The van der Waals surface area contributed by atoms with Crippen molar-refractivity contribution < 1.29 is 0 Å². The van der Waals surface area contributed by atoms with Gasteiger partial charge in [-0.3, -0.25) is 0 Å². The molecule has 1 aromatic rings. The third kappa shape index (κ3) is 1.32. The molecular formula is C13H13BN. The molecule has 1 aliphatic carbocycles. The lowest BCUT2D eigenvalue weighted by Crippen LogP contribution is -2.19. The van der Waals surface area contributed by atoms with E-state index in [1.807, 2.05) is 0 Å². The fourth-order valence-electron chi connectivity index (χ4n) is 2.41. The van der Waals surface area contributed by atoms with Crippen LogP contribution in [0.4, 0.5) is 5.69 Å². The summed E-state index contributed by atoms with van der Waals surface area (Å²) in [5.74, 6) is 0.511. The van der Waals surface area contributed by atoms with Crippen LogP contribution < -0.4 is 5.32 Å². The summed E-state index contributed by atoms with van der Waals surface area (Å²) in [6.07, 6.45) is 6.81. The molecule has 0 fully saturated rings. The maximum atomic E-state index is 3.54. The fourth-order valence-corrected chi connectivity index (χ4v) is 2.41. The van der Waals surface area contributed by atoms with Gasteiger partial charge in [0, 0.05) is 11.6 Å². The van der Waals surface area contributed by atoms with E-state index in [1.165, 1.54) is 16.7 Å². The monoisotopic (exact) mass is 194 g/mol. The zero-order valence-corrected chi connectivity index (χ0v) is 8.77. The van der Waals surface area contributed by atoms with E-state index in [4.69, 9.17) is 0 Å². The minimum absolute atomic E-state index is 0.450. The topological polar surface area (TPSA) is 12.0 Å². The minimum atomic E-state index is 0.450. The van der Waals surface area contributed by atoms with Crippen LogP contribution >= 0.6 is 0 Å². The van der Waals surface area contributed by atoms with Crippen molar-refractivity contribution >= 4 is 13.0 Å². The third-order valence-corrected chi connectivity index (χ3v) is 3.23. The third-order valence-electron chi connectivity index (χ3n) is 3.23. The average molecular weight is 194 g/mol. The highest BCUT2D eigenvalue weighted by atomic mass is 15.0. The molecule has 0 saturated carbocycles. The summed E-state index contributed by atoms with van der Waals surface area (Å²) in [7, 11) is 2.16. The number of para-hydroxylation sites is 1. The van der Waals surface area contributed by atoms with Crippen molar-refractivity contribution in [2.24, 2.45) is 0 Å². The number of rotatable bonds is 1. The first-order valence-electron chi connectivity index (χ1n) is 5.43. The molecule has 2 heteroatoms. The summed E-state index contributed by atoms with van der Waals surface area (Å²) in [6.45, 7) is 2.09. The van der Waals surface area contributed by atoms with Crippen LogP contribution in [0.5, 0.6) is 0 Å². The first kappa shape index (κ1) is 8.84. The summed E-state index contributed by atoms with van der Waals surface area (Å²) >= 11 is 0. The standard InChI is InChI=1S/C13H13BN/c1-14-9-6-7-13-11(8-9)10-4-2-3-5-12(10)15-13/h2-8,11,13,15H,1H3. The minimum Gasteiger partial charge on any atom is -0.378 e. The quantitative estimate of drug-likeness (QED) is 0.677. The number of benzene rings is 1. The van der Waals surface area contributed by atoms with Gasteiger partial charge >= 0.3 is 0 Å². The number of nitrogens with one attached hydrogen (secondary N) is 1. The smallest absolute Gasteiger partial charge is 0.147 e. The lowest BCUT2D eigenvalue weighted by atomic mass is 9.68. The van der Waals surface area contributed by atoms with E-state index >= 15 is 0 Å². The van der Waals surface area contributed by atoms with Crippen LogP contribution in [0, 0.1) is 0 Å². The van der Waals surface area contributed by atoms with E-state index in [9.17, 15) is 0 Å². The molecule has 0 saturated heterocycles. The van der Waals surface area contributed by atoms with Crippen molar-refractivity contribution in [1.29, 1.82) is 0 Å². The van der Waals surface area contributed by atoms with Crippen molar-refractivity contribution in [2.45, 2.75) is 18.8 Å². The molecule has 2 aliphatic rings. The van der Waals surface area contributed by atoms with Gasteiger partial charge in [-0.15, -0.1) is 0 Å². The van der Waals surface area contributed by atoms with E-state index in [1.54, 1.807) is 0 Å². The zero-order chi connectivity index (χ0) is 10.3. The van der Waals surface area contributed by atoms with Crippen LogP contribution in [0.25, 0.3) is 0 Å². The van der Waals surface area contributed by atoms with E-state index in [-0.39, 0.29) is 0 Å². The molecule has 2 unspecified atom stereocenters. The van der Waals surface area contributed by atoms with Crippen molar-refractivity contribution in [3.8, 4) is 0 Å². The molecule has 1 N–H and O–H groups in total. The molecule has 2 atom stereocenters. The molecule has 0 amide bonds. The second kappa shape index (κ2) is 3.30. The maximum Gasteiger partial charge on any atom is 0.147 e. The molecule has 1 nitrogen and oxygen atoms in total. The molecule has 1 aliphatic heterocycles. The summed E-state index contributed by atoms with van der Waals surface area (Å²) in [5, 5.41) is 3.54. The van der Waals surface area contributed by atoms with Crippen LogP contribution in [-0.2, 0) is 0 Å². The Hall–Kier alpha value is -1.44. The van der Waals surface area contributed by atoms with Crippen LogP contribution in [0.15, 0.2) is 48.0 Å². The summed E-state index contributed by atoms with van der Waals surface area (Å²) < 4.78 is 0. The van der Waals surface area contributed by atoms with Crippen LogP contribution in [0.1, 0.15) is 11.5 Å². The molecule has 1 aromatic carbocycles. The largest absolute Gasteiger partial charge is 0.378 e. The van der Waals surface area contributed by atoms with Gasteiger partial charge in [0.15, 0.2) is 0 Å². The lowest BCUT2D eigenvalue weighted by Gasteiger charge is -2.19. The van der Waals surface area contributed by atoms with Gasteiger partial charge in [0.25, 0.3) is 0 Å². The van der Waals surface area contributed by atoms with Gasteiger partial charge in [-0.25, -0.2) is 0 Å². The highest BCUT2D eigenvalue weighted by molar-refractivity contribution is 6.44. The molecule has 15 heavy (non-hydrogen) atoms. The Morgan fingerprint density at radius 2 is 2.13 bits per heavy atom. The van der Waals surface area contributed by atoms with Gasteiger partial charge < -0.3 is 5.32 Å². The Morgan fingerprint density at radius 1 is 1.27 bits per heavy atom. The van der Waals surface area contributed by atoms with Crippen LogP contribution in [0.3, 0.4) is 0 Å². The number of allylic oxidation sites excluding steroid dienone is 2. The molecule has 3 rings (SSSR count). The van der Waals surface area contributed by atoms with E-state index in [2.05, 4.69) is 61.9 Å². The molecule has 0 bridgehead atoms. The Morgan fingerprint density at radius 3 is 3.00 bits per heavy atom. The lowest BCUT2D eigenvalue weighted by molar-refractivity contribution is 0.802. The first-order valence-corrected chi connectivity index (χ1v) is 5.43. The summed E-state index contributed by atoms with van der Waals surface area (Å²) in [5.41, 5.74) is 4.03. The Bertz CT molecular complexity index is 448. The summed E-state index contributed by atoms with van der Waals surface area (Å²) in [4.78, 5) is 0. The maximum absolute atomic E-state index is 3.54.